The minimum atomic E-state index is -4.59. The predicted octanol–water partition coefficient (Wildman–Crippen LogP) is 7.11. The van der Waals surface area contributed by atoms with E-state index in [-0.39, 0.29) is 19.4 Å². The molecule has 1 aliphatic heterocycles. The van der Waals surface area contributed by atoms with Crippen molar-refractivity contribution in [1.29, 1.82) is 0 Å². The van der Waals surface area contributed by atoms with Gasteiger partial charge in [0.25, 0.3) is 10.1 Å². The van der Waals surface area contributed by atoms with Gasteiger partial charge in [-0.2, -0.15) is 8.42 Å². The van der Waals surface area contributed by atoms with Gasteiger partial charge < -0.3 is 34.3 Å². The van der Waals surface area contributed by atoms with Crippen LogP contribution >= 0.6 is 0 Å². The minimum Gasteiger partial charge on any atom is -0.462 e. The zero-order valence-corrected chi connectivity index (χ0v) is 33.0. The summed E-state index contributed by atoms with van der Waals surface area (Å²) in [5.41, 5.74) is 0. The molecule has 1 aliphatic rings. The molecule has 0 spiro atoms. The molecular weight excluding hydrogens is 692 g/mol. The summed E-state index contributed by atoms with van der Waals surface area (Å²) in [4.78, 5) is 25.2. The fourth-order valence-electron chi connectivity index (χ4n) is 6.14. The summed E-state index contributed by atoms with van der Waals surface area (Å²) in [7, 11) is -4.59. The molecule has 1 saturated heterocycles. The number of unbranched alkanes of at least 4 members (excludes halogenated alkanes) is 19. The normalized spacial score (nSPS) is 21.4. The van der Waals surface area contributed by atoms with Gasteiger partial charge in [-0.15, -0.1) is 0 Å². The van der Waals surface area contributed by atoms with E-state index in [9.17, 15) is 37.9 Å². The van der Waals surface area contributed by atoms with Crippen LogP contribution in [-0.4, -0.2) is 96.0 Å². The number of carbonyl (C=O) groups excluding carboxylic acids is 2. The van der Waals surface area contributed by atoms with Crippen LogP contribution in [0.5, 0.6) is 0 Å². The maximum Gasteiger partial charge on any atom is 0.306 e. The molecule has 6 atom stereocenters. The van der Waals surface area contributed by atoms with Gasteiger partial charge in [-0.1, -0.05) is 129 Å². The molecule has 13 heteroatoms. The highest BCUT2D eigenvalue weighted by atomic mass is 32.2. The maximum absolute atomic E-state index is 12.7. The molecule has 0 aromatic rings. The van der Waals surface area contributed by atoms with Crippen molar-refractivity contribution in [1.82, 2.24) is 0 Å². The van der Waals surface area contributed by atoms with Gasteiger partial charge in [-0.25, -0.2) is 0 Å². The molecule has 0 aromatic heterocycles. The lowest BCUT2D eigenvalue weighted by Crippen LogP contribution is -2.60. The van der Waals surface area contributed by atoms with E-state index in [1.165, 1.54) is 70.6 Å². The molecule has 0 aliphatic carbocycles. The summed E-state index contributed by atoms with van der Waals surface area (Å²) in [5.74, 6) is -1.99. The first-order chi connectivity index (χ1) is 25.0. The number of hydrogen-bond acceptors (Lipinski definition) is 11. The number of ether oxygens (including phenoxy) is 4. The number of allylic oxidation sites excluding steroid dienone is 2. The van der Waals surface area contributed by atoms with Crippen LogP contribution in [0.2, 0.25) is 0 Å². The highest BCUT2D eigenvalue weighted by molar-refractivity contribution is 7.85. The van der Waals surface area contributed by atoms with Gasteiger partial charge in [0.2, 0.25) is 0 Å². The average molecular weight is 765 g/mol. The Bertz CT molecular complexity index is 1040. The van der Waals surface area contributed by atoms with Crippen LogP contribution in [0.3, 0.4) is 0 Å². The van der Waals surface area contributed by atoms with E-state index >= 15 is 0 Å². The lowest BCUT2D eigenvalue weighted by molar-refractivity contribution is -0.297. The molecule has 0 radical (unpaired) electrons. The highest BCUT2D eigenvalue weighted by Crippen LogP contribution is 2.24. The van der Waals surface area contributed by atoms with Crippen molar-refractivity contribution < 1.29 is 56.8 Å². The molecule has 0 amide bonds. The topological polar surface area (TPSA) is 186 Å². The van der Waals surface area contributed by atoms with E-state index in [0.29, 0.717) is 12.8 Å². The Kier molecular flexibility index (Phi) is 28.6. The second kappa shape index (κ2) is 30.7. The molecule has 1 fully saturated rings. The minimum absolute atomic E-state index is 0.157. The van der Waals surface area contributed by atoms with Crippen molar-refractivity contribution in [2.24, 2.45) is 0 Å². The number of esters is 2. The Labute approximate surface area is 314 Å². The van der Waals surface area contributed by atoms with Crippen molar-refractivity contribution in [2.45, 2.75) is 205 Å². The van der Waals surface area contributed by atoms with Crippen molar-refractivity contribution in [2.75, 3.05) is 19.0 Å². The largest absolute Gasteiger partial charge is 0.462 e. The molecule has 0 bridgehead atoms. The first-order valence-electron chi connectivity index (χ1n) is 20.2. The van der Waals surface area contributed by atoms with E-state index < -0.39 is 71.2 Å². The van der Waals surface area contributed by atoms with Crippen molar-refractivity contribution in [3.05, 3.63) is 12.2 Å². The van der Waals surface area contributed by atoms with Crippen LogP contribution in [0.25, 0.3) is 0 Å². The van der Waals surface area contributed by atoms with E-state index in [4.69, 9.17) is 18.9 Å². The van der Waals surface area contributed by atoms with E-state index in [1.807, 2.05) is 0 Å². The Morgan fingerprint density at radius 1 is 0.635 bits per heavy atom. The monoisotopic (exact) mass is 764 g/mol. The quantitative estimate of drug-likeness (QED) is 0.0230. The van der Waals surface area contributed by atoms with Crippen LogP contribution in [0.15, 0.2) is 12.2 Å². The smallest absolute Gasteiger partial charge is 0.306 e. The van der Waals surface area contributed by atoms with Crippen molar-refractivity contribution in [3.63, 3.8) is 0 Å². The molecule has 306 valence electrons. The van der Waals surface area contributed by atoms with E-state index in [1.54, 1.807) is 0 Å². The molecule has 6 unspecified atom stereocenters. The standard InChI is InChI=1S/C39H72O12S/c1-3-5-7-9-11-13-15-17-19-21-23-25-27-34(40)48-29-32(30-49-39-38(44)37(43)36(42)33(51-39)31-52(45,46)47)50-35(41)28-26-24-22-20-18-16-14-12-10-8-6-4-2/h12,14,32-33,36-39,42-44H,3-11,13,15-31H2,1-2H3,(H,45,46,47)/b14-12-. The number of rotatable bonds is 33. The number of hydrogen-bond donors (Lipinski definition) is 4. The third-order valence-corrected chi connectivity index (χ3v) is 10.1. The summed E-state index contributed by atoms with van der Waals surface area (Å²) in [6.45, 7) is 3.70. The molecular formula is C39H72O12S. The Balaban J connectivity index is 2.51. The Hall–Kier alpha value is -1.61. The zero-order chi connectivity index (χ0) is 38.5. The molecule has 4 N–H and O–H groups in total. The summed E-state index contributed by atoms with van der Waals surface area (Å²) in [6, 6.07) is 0. The summed E-state index contributed by atoms with van der Waals surface area (Å²) in [5, 5.41) is 30.7. The highest BCUT2D eigenvalue weighted by Gasteiger charge is 2.46. The second-order valence-corrected chi connectivity index (χ2v) is 15.8. The Morgan fingerprint density at radius 2 is 1.10 bits per heavy atom. The molecule has 0 saturated carbocycles. The summed E-state index contributed by atoms with van der Waals surface area (Å²) in [6.07, 6.45) is 19.8. The van der Waals surface area contributed by atoms with Crippen LogP contribution in [0, 0.1) is 0 Å². The van der Waals surface area contributed by atoms with Crippen LogP contribution in [0.1, 0.15) is 168 Å². The third kappa shape index (κ3) is 25.4. The predicted molar refractivity (Wildman–Crippen MR) is 201 cm³/mol. The van der Waals surface area contributed by atoms with Crippen LogP contribution < -0.4 is 0 Å². The third-order valence-electron chi connectivity index (χ3n) is 9.35. The van der Waals surface area contributed by atoms with E-state index in [0.717, 1.165) is 57.8 Å². The first kappa shape index (κ1) is 48.4. The van der Waals surface area contributed by atoms with Gasteiger partial charge in [-0.05, 0) is 38.5 Å². The first-order valence-corrected chi connectivity index (χ1v) is 21.9. The van der Waals surface area contributed by atoms with Crippen LogP contribution in [-0.2, 0) is 38.7 Å². The molecule has 1 heterocycles. The molecule has 52 heavy (non-hydrogen) atoms. The molecule has 1 rings (SSSR count). The molecule has 0 aromatic carbocycles. The maximum atomic E-state index is 12.7. The van der Waals surface area contributed by atoms with Gasteiger partial charge >= 0.3 is 11.9 Å². The summed E-state index contributed by atoms with van der Waals surface area (Å²) >= 11 is 0. The fraction of sp³-hybridized carbons (Fsp3) is 0.897. The fourth-order valence-corrected chi connectivity index (χ4v) is 6.83. The lowest BCUT2D eigenvalue weighted by atomic mass is 10.00. The lowest BCUT2D eigenvalue weighted by Gasteiger charge is -2.40. The van der Waals surface area contributed by atoms with Gasteiger partial charge in [0, 0.05) is 12.8 Å². The van der Waals surface area contributed by atoms with E-state index in [2.05, 4.69) is 26.0 Å². The SMILES string of the molecule is CCCCC/C=C\CCCCCCCC(=O)OC(COC(=O)CCCCCCCCCCCCCC)COC1OC(CS(=O)(=O)O)C(O)C(O)C1O. The summed E-state index contributed by atoms with van der Waals surface area (Å²) < 4.78 is 53.8. The van der Waals surface area contributed by atoms with Gasteiger partial charge in [0.1, 0.15) is 36.8 Å². The van der Waals surface area contributed by atoms with Crippen molar-refractivity contribution in [3.8, 4) is 0 Å². The number of carbonyl (C=O) groups is 2. The van der Waals surface area contributed by atoms with Crippen LogP contribution in [0.4, 0.5) is 0 Å². The van der Waals surface area contributed by atoms with Gasteiger partial charge in [0.05, 0.1) is 6.61 Å². The molecule has 12 nitrogen and oxygen atoms in total. The second-order valence-electron chi connectivity index (χ2n) is 14.3. The average Bonchev–Trinajstić information content (AvgIpc) is 3.10. The Morgan fingerprint density at radius 3 is 1.63 bits per heavy atom. The number of aliphatic hydroxyl groups excluding tert-OH is 3. The van der Waals surface area contributed by atoms with Crippen molar-refractivity contribution >= 4 is 22.1 Å². The zero-order valence-electron chi connectivity index (χ0n) is 32.2. The number of aliphatic hydroxyl groups is 3. The van der Waals surface area contributed by atoms with Gasteiger partial charge in [-0.3, -0.25) is 14.1 Å². The van der Waals surface area contributed by atoms with Gasteiger partial charge in [0.15, 0.2) is 12.4 Å².